The first-order chi connectivity index (χ1) is 9.65. The second kappa shape index (κ2) is 7.99. The standard InChI is InChI=1S/C16H30N2O2/c1-18(12-15-7-2-3-10-20-15)16(19)9-8-13-5-4-6-14(17)11-13/h13-15H,2-12,17H2,1H3. The minimum atomic E-state index is 0.251. The zero-order valence-electron chi connectivity index (χ0n) is 12.9. The Hall–Kier alpha value is -0.610. The van der Waals surface area contributed by atoms with E-state index in [1.165, 1.54) is 19.3 Å². The second-order valence-electron chi connectivity index (χ2n) is 6.59. The van der Waals surface area contributed by atoms with Gasteiger partial charge in [-0.15, -0.1) is 0 Å². The van der Waals surface area contributed by atoms with Crippen LogP contribution >= 0.6 is 0 Å². The summed E-state index contributed by atoms with van der Waals surface area (Å²) < 4.78 is 5.70. The van der Waals surface area contributed by atoms with Crippen LogP contribution in [0, 0.1) is 5.92 Å². The topological polar surface area (TPSA) is 55.6 Å². The third-order valence-electron chi connectivity index (χ3n) is 4.77. The molecule has 0 aromatic carbocycles. The highest BCUT2D eigenvalue weighted by atomic mass is 16.5. The van der Waals surface area contributed by atoms with E-state index in [9.17, 15) is 4.79 Å². The van der Waals surface area contributed by atoms with Gasteiger partial charge in [0.2, 0.25) is 5.91 Å². The SMILES string of the molecule is CN(CC1CCCCO1)C(=O)CCC1CCCC(N)C1. The van der Waals surface area contributed by atoms with Gasteiger partial charge in [-0.05, 0) is 44.4 Å². The van der Waals surface area contributed by atoms with Gasteiger partial charge in [-0.2, -0.15) is 0 Å². The van der Waals surface area contributed by atoms with Crippen LogP contribution in [0.4, 0.5) is 0 Å². The Morgan fingerprint density at radius 2 is 2.10 bits per heavy atom. The van der Waals surface area contributed by atoms with Gasteiger partial charge in [-0.25, -0.2) is 0 Å². The first-order valence-corrected chi connectivity index (χ1v) is 8.26. The van der Waals surface area contributed by atoms with Crippen molar-refractivity contribution in [2.24, 2.45) is 11.7 Å². The van der Waals surface area contributed by atoms with Crippen LogP contribution in [0.1, 0.15) is 57.8 Å². The lowest BCUT2D eigenvalue weighted by Gasteiger charge is -2.29. The highest BCUT2D eigenvalue weighted by molar-refractivity contribution is 5.75. The molecule has 4 nitrogen and oxygen atoms in total. The molecular formula is C16H30N2O2. The van der Waals surface area contributed by atoms with Crippen molar-refractivity contribution in [2.75, 3.05) is 20.2 Å². The molecule has 116 valence electrons. The Balaban J connectivity index is 1.65. The molecule has 0 aromatic rings. The average molecular weight is 282 g/mol. The van der Waals surface area contributed by atoms with Gasteiger partial charge in [0.25, 0.3) is 0 Å². The summed E-state index contributed by atoms with van der Waals surface area (Å²) in [6, 6.07) is 0.359. The molecule has 1 aliphatic heterocycles. The molecule has 0 radical (unpaired) electrons. The number of likely N-dealkylation sites (N-methyl/N-ethyl adjacent to an activating group) is 1. The number of ether oxygens (including phenoxy) is 1. The maximum Gasteiger partial charge on any atom is 0.222 e. The lowest BCUT2D eigenvalue weighted by Crippen LogP contribution is -2.37. The van der Waals surface area contributed by atoms with Gasteiger partial charge in [0.1, 0.15) is 0 Å². The van der Waals surface area contributed by atoms with Crippen molar-refractivity contribution in [3.8, 4) is 0 Å². The minimum absolute atomic E-state index is 0.251. The summed E-state index contributed by atoms with van der Waals surface area (Å²) in [4.78, 5) is 14.0. The van der Waals surface area contributed by atoms with Gasteiger partial charge in [0, 0.05) is 32.7 Å². The molecule has 3 atom stereocenters. The van der Waals surface area contributed by atoms with Crippen molar-refractivity contribution >= 4 is 5.91 Å². The fourth-order valence-corrected chi connectivity index (χ4v) is 3.47. The van der Waals surface area contributed by atoms with Crippen molar-refractivity contribution in [2.45, 2.75) is 69.9 Å². The first-order valence-electron chi connectivity index (χ1n) is 8.26. The normalized spacial score (nSPS) is 31.0. The van der Waals surface area contributed by atoms with E-state index in [-0.39, 0.29) is 12.0 Å². The van der Waals surface area contributed by atoms with E-state index in [1.807, 2.05) is 11.9 Å². The van der Waals surface area contributed by atoms with Crippen molar-refractivity contribution in [1.29, 1.82) is 0 Å². The molecule has 2 aliphatic rings. The predicted molar refractivity (Wildman–Crippen MR) is 80.4 cm³/mol. The molecule has 1 amide bonds. The van der Waals surface area contributed by atoms with Crippen molar-refractivity contribution in [1.82, 2.24) is 4.90 Å². The smallest absolute Gasteiger partial charge is 0.222 e. The van der Waals surface area contributed by atoms with Gasteiger partial charge < -0.3 is 15.4 Å². The Morgan fingerprint density at radius 1 is 1.25 bits per heavy atom. The number of carbonyl (C=O) groups excluding carboxylic acids is 1. The number of carbonyl (C=O) groups is 1. The number of nitrogens with two attached hydrogens (primary N) is 1. The number of hydrogen-bond acceptors (Lipinski definition) is 3. The third-order valence-corrected chi connectivity index (χ3v) is 4.77. The molecule has 1 saturated carbocycles. The molecule has 2 rings (SSSR count). The van der Waals surface area contributed by atoms with E-state index in [4.69, 9.17) is 10.5 Å². The number of rotatable bonds is 5. The zero-order valence-corrected chi connectivity index (χ0v) is 12.9. The molecule has 1 aliphatic carbocycles. The van der Waals surface area contributed by atoms with Crippen LogP contribution in [0.15, 0.2) is 0 Å². The van der Waals surface area contributed by atoms with Crippen LogP contribution in [-0.4, -0.2) is 43.2 Å². The Bertz CT molecular complexity index is 303. The quantitative estimate of drug-likeness (QED) is 0.842. The lowest BCUT2D eigenvalue weighted by molar-refractivity contribution is -0.132. The van der Waals surface area contributed by atoms with Gasteiger partial charge >= 0.3 is 0 Å². The first kappa shape index (κ1) is 15.8. The summed E-state index contributed by atoms with van der Waals surface area (Å²) in [6.45, 7) is 1.61. The highest BCUT2D eigenvalue weighted by Crippen LogP contribution is 2.27. The fraction of sp³-hybridized carbons (Fsp3) is 0.938. The van der Waals surface area contributed by atoms with Gasteiger partial charge in [-0.3, -0.25) is 4.79 Å². The number of hydrogen-bond donors (Lipinski definition) is 1. The molecule has 20 heavy (non-hydrogen) atoms. The summed E-state index contributed by atoms with van der Waals surface area (Å²) in [5, 5.41) is 0. The van der Waals surface area contributed by atoms with Crippen molar-refractivity contribution in [3.05, 3.63) is 0 Å². The summed E-state index contributed by atoms with van der Waals surface area (Å²) in [5.74, 6) is 0.917. The average Bonchev–Trinajstić information content (AvgIpc) is 2.46. The van der Waals surface area contributed by atoms with Crippen LogP contribution in [0.5, 0.6) is 0 Å². The van der Waals surface area contributed by atoms with E-state index in [1.54, 1.807) is 0 Å². The molecule has 3 unspecified atom stereocenters. The largest absolute Gasteiger partial charge is 0.376 e. The van der Waals surface area contributed by atoms with Gasteiger partial charge in [0.05, 0.1) is 6.10 Å². The molecule has 0 spiro atoms. The van der Waals surface area contributed by atoms with E-state index >= 15 is 0 Å². The molecule has 0 aromatic heterocycles. The van der Waals surface area contributed by atoms with Crippen LogP contribution in [0.2, 0.25) is 0 Å². The monoisotopic (exact) mass is 282 g/mol. The van der Waals surface area contributed by atoms with E-state index < -0.39 is 0 Å². The number of nitrogens with zero attached hydrogens (tertiary/aromatic N) is 1. The maximum atomic E-state index is 12.2. The van der Waals surface area contributed by atoms with Gasteiger partial charge in [0.15, 0.2) is 0 Å². The Labute approximate surface area is 123 Å². The number of amides is 1. The Morgan fingerprint density at radius 3 is 2.80 bits per heavy atom. The third kappa shape index (κ3) is 5.06. The molecule has 2 N–H and O–H groups in total. The summed E-state index contributed by atoms with van der Waals surface area (Å²) in [6.07, 6.45) is 10.1. The predicted octanol–water partition coefficient (Wildman–Crippen LogP) is 2.31. The second-order valence-corrected chi connectivity index (χ2v) is 6.59. The zero-order chi connectivity index (χ0) is 14.4. The molecule has 0 bridgehead atoms. The molecule has 4 heteroatoms. The summed E-state index contributed by atoms with van der Waals surface area (Å²) in [7, 11) is 1.91. The molecule has 2 fully saturated rings. The summed E-state index contributed by atoms with van der Waals surface area (Å²) >= 11 is 0. The summed E-state index contributed by atoms with van der Waals surface area (Å²) in [5.41, 5.74) is 6.00. The molecule has 1 saturated heterocycles. The highest BCUT2D eigenvalue weighted by Gasteiger charge is 2.22. The van der Waals surface area contributed by atoms with Crippen LogP contribution in [-0.2, 0) is 9.53 Å². The van der Waals surface area contributed by atoms with E-state index in [0.717, 1.165) is 45.3 Å². The molecular weight excluding hydrogens is 252 g/mol. The van der Waals surface area contributed by atoms with E-state index in [2.05, 4.69) is 0 Å². The van der Waals surface area contributed by atoms with Crippen molar-refractivity contribution < 1.29 is 9.53 Å². The van der Waals surface area contributed by atoms with Crippen LogP contribution in [0.3, 0.4) is 0 Å². The van der Waals surface area contributed by atoms with Gasteiger partial charge in [-0.1, -0.05) is 12.8 Å². The Kier molecular flexibility index (Phi) is 6.30. The maximum absolute atomic E-state index is 12.2. The van der Waals surface area contributed by atoms with Crippen LogP contribution in [0.25, 0.3) is 0 Å². The van der Waals surface area contributed by atoms with E-state index in [0.29, 0.717) is 18.4 Å². The lowest BCUT2D eigenvalue weighted by atomic mass is 9.83. The van der Waals surface area contributed by atoms with Crippen molar-refractivity contribution in [3.63, 3.8) is 0 Å². The minimum Gasteiger partial charge on any atom is -0.376 e. The molecule has 1 heterocycles. The van der Waals surface area contributed by atoms with Crippen LogP contribution < -0.4 is 5.73 Å². The fourth-order valence-electron chi connectivity index (χ4n) is 3.47.